The van der Waals surface area contributed by atoms with Crippen LogP contribution < -0.4 is 0 Å². The molecule has 0 radical (unpaired) electrons. The molecule has 0 bridgehead atoms. The Hall–Kier alpha value is -0.460. The van der Waals surface area contributed by atoms with E-state index in [0.29, 0.717) is 0 Å². The van der Waals surface area contributed by atoms with Crippen LogP contribution in [0.3, 0.4) is 0 Å². The summed E-state index contributed by atoms with van der Waals surface area (Å²) in [5.41, 5.74) is 1.25. The van der Waals surface area contributed by atoms with Crippen LogP contribution in [0.2, 0.25) is 0 Å². The predicted molar refractivity (Wildman–Crippen MR) is 46.9 cm³/mol. The van der Waals surface area contributed by atoms with Crippen LogP contribution in [-0.4, -0.2) is 18.5 Å². The zero-order chi connectivity index (χ0) is 8.15. The van der Waals surface area contributed by atoms with Crippen LogP contribution in [-0.2, 0) is 0 Å². The Bertz CT molecular complexity index is 105. The first-order valence-electron chi connectivity index (χ1n) is 3.96. The number of nitrogens with zero attached hydrogens (tertiary/aromatic N) is 1. The molecule has 10 heavy (non-hydrogen) atoms. The second-order valence-corrected chi connectivity index (χ2v) is 3.18. The second-order valence-electron chi connectivity index (χ2n) is 3.18. The molecular weight excluding hydrogens is 122 g/mol. The van der Waals surface area contributed by atoms with Crippen LogP contribution in [0, 0.1) is 5.92 Å². The third-order valence-electron chi connectivity index (χ3n) is 1.66. The molecule has 0 fully saturated rings. The molecule has 0 spiro atoms. The third-order valence-corrected chi connectivity index (χ3v) is 1.66. The van der Waals surface area contributed by atoms with Crippen molar-refractivity contribution in [1.82, 2.24) is 4.90 Å². The van der Waals surface area contributed by atoms with Gasteiger partial charge in [0.05, 0.1) is 0 Å². The Morgan fingerprint density at radius 2 is 2.00 bits per heavy atom. The lowest BCUT2D eigenvalue weighted by atomic mass is 10.1. The molecule has 0 heterocycles. The molecular formula is C9H19N. The van der Waals surface area contributed by atoms with Gasteiger partial charge >= 0.3 is 0 Å². The van der Waals surface area contributed by atoms with Gasteiger partial charge in [-0.05, 0) is 19.3 Å². The van der Waals surface area contributed by atoms with Crippen LogP contribution in [0.25, 0.3) is 0 Å². The summed E-state index contributed by atoms with van der Waals surface area (Å²) in [6, 6.07) is 0. The SMILES string of the molecule is C=C(CC(C)C)N(C)CC. The molecule has 1 nitrogen and oxygen atoms in total. The van der Waals surface area contributed by atoms with Gasteiger partial charge in [-0.3, -0.25) is 0 Å². The van der Waals surface area contributed by atoms with Crippen LogP contribution in [0.15, 0.2) is 12.3 Å². The van der Waals surface area contributed by atoms with Crippen molar-refractivity contribution in [2.45, 2.75) is 27.2 Å². The Kier molecular flexibility index (Phi) is 4.17. The van der Waals surface area contributed by atoms with E-state index in [9.17, 15) is 0 Å². The minimum Gasteiger partial charge on any atom is -0.379 e. The predicted octanol–water partition coefficient (Wildman–Crippen LogP) is 2.50. The average molecular weight is 141 g/mol. The summed E-state index contributed by atoms with van der Waals surface area (Å²) < 4.78 is 0. The first-order valence-corrected chi connectivity index (χ1v) is 3.96. The minimum atomic E-state index is 0.724. The molecule has 0 aromatic heterocycles. The second kappa shape index (κ2) is 4.37. The highest BCUT2D eigenvalue weighted by Gasteiger charge is 2.01. The van der Waals surface area contributed by atoms with Gasteiger partial charge in [0.1, 0.15) is 0 Å². The molecule has 0 aliphatic heterocycles. The standard InChI is InChI=1S/C9H19N/c1-6-10(5)9(4)7-8(2)3/h8H,4,6-7H2,1-3,5H3. The van der Waals surface area contributed by atoms with Gasteiger partial charge in [-0.25, -0.2) is 0 Å². The van der Waals surface area contributed by atoms with Crippen LogP contribution in [0.5, 0.6) is 0 Å². The first-order chi connectivity index (χ1) is 4.57. The number of rotatable bonds is 4. The van der Waals surface area contributed by atoms with Gasteiger partial charge in [-0.1, -0.05) is 20.4 Å². The van der Waals surface area contributed by atoms with E-state index >= 15 is 0 Å². The molecule has 0 aliphatic carbocycles. The van der Waals surface area contributed by atoms with Crippen molar-refractivity contribution in [3.63, 3.8) is 0 Å². The summed E-state index contributed by atoms with van der Waals surface area (Å²) in [5, 5.41) is 0. The van der Waals surface area contributed by atoms with Crippen molar-refractivity contribution >= 4 is 0 Å². The van der Waals surface area contributed by atoms with E-state index < -0.39 is 0 Å². The van der Waals surface area contributed by atoms with Crippen molar-refractivity contribution in [3.05, 3.63) is 12.3 Å². The fraction of sp³-hybridized carbons (Fsp3) is 0.778. The van der Waals surface area contributed by atoms with E-state index in [4.69, 9.17) is 0 Å². The topological polar surface area (TPSA) is 3.24 Å². The number of allylic oxidation sites excluding steroid dienone is 1. The highest BCUT2D eigenvalue weighted by Crippen LogP contribution is 2.10. The molecule has 0 unspecified atom stereocenters. The molecule has 0 aromatic carbocycles. The van der Waals surface area contributed by atoms with E-state index in [1.807, 2.05) is 0 Å². The van der Waals surface area contributed by atoms with Gasteiger partial charge in [-0.15, -0.1) is 0 Å². The normalized spacial score (nSPS) is 10.1. The summed E-state index contributed by atoms with van der Waals surface area (Å²) in [5.74, 6) is 0.724. The van der Waals surface area contributed by atoms with E-state index in [1.165, 1.54) is 5.70 Å². The summed E-state index contributed by atoms with van der Waals surface area (Å²) in [6.45, 7) is 11.6. The Morgan fingerprint density at radius 3 is 2.30 bits per heavy atom. The lowest BCUT2D eigenvalue weighted by Gasteiger charge is -2.20. The molecule has 0 N–H and O–H groups in total. The van der Waals surface area contributed by atoms with Crippen molar-refractivity contribution in [2.24, 2.45) is 5.92 Å². The molecule has 0 rings (SSSR count). The highest BCUT2D eigenvalue weighted by atomic mass is 15.1. The average Bonchev–Trinajstić information content (AvgIpc) is 1.85. The van der Waals surface area contributed by atoms with Crippen molar-refractivity contribution in [3.8, 4) is 0 Å². The van der Waals surface area contributed by atoms with E-state index in [0.717, 1.165) is 18.9 Å². The van der Waals surface area contributed by atoms with Gasteiger partial charge in [0.25, 0.3) is 0 Å². The molecule has 0 aromatic rings. The van der Waals surface area contributed by atoms with E-state index in [2.05, 4.69) is 39.3 Å². The fourth-order valence-corrected chi connectivity index (χ4v) is 0.851. The Labute approximate surface area is 64.7 Å². The molecule has 0 atom stereocenters. The van der Waals surface area contributed by atoms with Gasteiger partial charge in [-0.2, -0.15) is 0 Å². The summed E-state index contributed by atoms with van der Waals surface area (Å²) in [4.78, 5) is 2.19. The summed E-state index contributed by atoms with van der Waals surface area (Å²) in [6.07, 6.45) is 1.12. The molecule has 0 amide bonds. The van der Waals surface area contributed by atoms with Gasteiger partial charge in [0.15, 0.2) is 0 Å². The van der Waals surface area contributed by atoms with Gasteiger partial charge < -0.3 is 4.90 Å². The van der Waals surface area contributed by atoms with E-state index in [1.54, 1.807) is 0 Å². The minimum absolute atomic E-state index is 0.724. The molecule has 0 saturated heterocycles. The Balaban J connectivity index is 3.62. The molecule has 0 aliphatic rings. The first kappa shape index (κ1) is 9.54. The maximum Gasteiger partial charge on any atom is 0.0143 e. The van der Waals surface area contributed by atoms with Crippen molar-refractivity contribution in [2.75, 3.05) is 13.6 Å². The lowest BCUT2D eigenvalue weighted by Crippen LogP contribution is -2.17. The van der Waals surface area contributed by atoms with Crippen LogP contribution in [0.4, 0.5) is 0 Å². The quantitative estimate of drug-likeness (QED) is 0.581. The monoisotopic (exact) mass is 141 g/mol. The summed E-state index contributed by atoms with van der Waals surface area (Å²) in [7, 11) is 2.09. The largest absolute Gasteiger partial charge is 0.379 e. The molecule has 60 valence electrons. The Morgan fingerprint density at radius 1 is 1.50 bits per heavy atom. The van der Waals surface area contributed by atoms with Gasteiger partial charge in [0, 0.05) is 19.3 Å². The van der Waals surface area contributed by atoms with E-state index in [-0.39, 0.29) is 0 Å². The maximum absolute atomic E-state index is 3.99. The third kappa shape index (κ3) is 3.54. The molecule has 0 saturated carbocycles. The van der Waals surface area contributed by atoms with Gasteiger partial charge in [0.2, 0.25) is 0 Å². The van der Waals surface area contributed by atoms with Crippen LogP contribution in [0.1, 0.15) is 27.2 Å². The fourth-order valence-electron chi connectivity index (χ4n) is 0.851. The molecule has 1 heteroatoms. The van der Waals surface area contributed by atoms with Crippen molar-refractivity contribution in [1.29, 1.82) is 0 Å². The number of hydrogen-bond donors (Lipinski definition) is 0. The van der Waals surface area contributed by atoms with Crippen LogP contribution >= 0.6 is 0 Å². The number of hydrogen-bond acceptors (Lipinski definition) is 1. The zero-order valence-electron chi connectivity index (χ0n) is 7.65. The zero-order valence-corrected chi connectivity index (χ0v) is 7.65. The lowest BCUT2D eigenvalue weighted by molar-refractivity contribution is 0.404. The van der Waals surface area contributed by atoms with Crippen molar-refractivity contribution < 1.29 is 0 Å². The maximum atomic E-state index is 3.99. The highest BCUT2D eigenvalue weighted by molar-refractivity contribution is 4.92. The smallest absolute Gasteiger partial charge is 0.0143 e. The summed E-state index contributed by atoms with van der Waals surface area (Å²) >= 11 is 0.